The van der Waals surface area contributed by atoms with E-state index in [0.717, 1.165) is 64.1 Å². The number of pyridine rings is 1. The third-order valence-electron chi connectivity index (χ3n) is 5.24. The summed E-state index contributed by atoms with van der Waals surface area (Å²) >= 11 is 7.80. The Morgan fingerprint density at radius 2 is 1.91 bits per heavy atom. The largest absolute Gasteiger partial charge is 0.493 e. The van der Waals surface area contributed by atoms with Crippen molar-refractivity contribution in [2.45, 2.75) is 31.4 Å². The van der Waals surface area contributed by atoms with Gasteiger partial charge in [0, 0.05) is 35.3 Å². The van der Waals surface area contributed by atoms with Crippen LogP contribution in [0.3, 0.4) is 0 Å². The molecule has 2 aromatic heterocycles. The SMILES string of the molecule is Cc1c(CSCc2ccc(Cl)cc2)oc2cccc(OCCCNCc3cccnc3)c12. The topological polar surface area (TPSA) is 47.3 Å². The normalized spacial score (nSPS) is 11.2. The van der Waals surface area contributed by atoms with Crippen LogP contribution in [0.25, 0.3) is 11.0 Å². The second kappa shape index (κ2) is 11.4. The zero-order chi connectivity index (χ0) is 22.2. The van der Waals surface area contributed by atoms with Gasteiger partial charge in [0.2, 0.25) is 0 Å². The van der Waals surface area contributed by atoms with Gasteiger partial charge in [-0.2, -0.15) is 0 Å². The molecular weight excluding hydrogens is 440 g/mol. The molecule has 32 heavy (non-hydrogen) atoms. The van der Waals surface area contributed by atoms with E-state index in [2.05, 4.69) is 35.4 Å². The highest BCUT2D eigenvalue weighted by Gasteiger charge is 2.15. The van der Waals surface area contributed by atoms with E-state index in [1.807, 2.05) is 54.4 Å². The van der Waals surface area contributed by atoms with E-state index in [4.69, 9.17) is 20.8 Å². The van der Waals surface area contributed by atoms with E-state index < -0.39 is 0 Å². The van der Waals surface area contributed by atoms with Gasteiger partial charge in [0.05, 0.1) is 17.7 Å². The van der Waals surface area contributed by atoms with Crippen LogP contribution >= 0.6 is 23.4 Å². The number of rotatable bonds is 11. The third kappa shape index (κ3) is 6.06. The monoisotopic (exact) mass is 466 g/mol. The lowest BCUT2D eigenvalue weighted by atomic mass is 10.1. The number of benzene rings is 2. The average Bonchev–Trinajstić information content (AvgIpc) is 3.14. The number of aryl methyl sites for hydroxylation is 1. The van der Waals surface area contributed by atoms with Gasteiger partial charge in [0.25, 0.3) is 0 Å². The van der Waals surface area contributed by atoms with Crippen molar-refractivity contribution in [2.75, 3.05) is 13.2 Å². The zero-order valence-corrected chi connectivity index (χ0v) is 19.7. The number of fused-ring (bicyclic) bond motifs is 1. The Kier molecular flexibility index (Phi) is 8.10. The van der Waals surface area contributed by atoms with Crippen molar-refractivity contribution >= 4 is 34.3 Å². The summed E-state index contributed by atoms with van der Waals surface area (Å²) in [6.45, 7) is 4.49. The quantitative estimate of drug-likeness (QED) is 0.247. The minimum atomic E-state index is 0.657. The van der Waals surface area contributed by atoms with Crippen LogP contribution in [-0.4, -0.2) is 18.1 Å². The molecule has 6 heteroatoms. The van der Waals surface area contributed by atoms with Crippen LogP contribution < -0.4 is 10.1 Å². The number of hydrogen-bond acceptors (Lipinski definition) is 5. The predicted molar refractivity (Wildman–Crippen MR) is 133 cm³/mol. The first-order valence-electron chi connectivity index (χ1n) is 10.8. The number of hydrogen-bond donors (Lipinski definition) is 1. The fraction of sp³-hybridized carbons (Fsp3) is 0.269. The molecule has 0 unspecified atom stereocenters. The van der Waals surface area contributed by atoms with Crippen molar-refractivity contribution in [1.82, 2.24) is 10.3 Å². The molecule has 0 saturated carbocycles. The van der Waals surface area contributed by atoms with Gasteiger partial charge in [-0.05, 0) is 61.3 Å². The highest BCUT2D eigenvalue weighted by Crippen LogP contribution is 2.35. The van der Waals surface area contributed by atoms with E-state index in [9.17, 15) is 0 Å². The molecule has 4 aromatic rings. The number of thioether (sulfide) groups is 1. The Morgan fingerprint density at radius 3 is 2.72 bits per heavy atom. The molecule has 0 amide bonds. The summed E-state index contributed by atoms with van der Waals surface area (Å²) in [4.78, 5) is 4.14. The summed E-state index contributed by atoms with van der Waals surface area (Å²) in [6, 6.07) is 18.1. The standard InChI is InChI=1S/C26H27ClN2O2S/c1-19-25(18-32-17-20-8-10-22(27)11-9-20)31-24-7-2-6-23(26(19)24)30-14-4-13-29-16-21-5-3-12-28-15-21/h2-3,5-12,15,29H,4,13-14,16-18H2,1H3. The minimum Gasteiger partial charge on any atom is -0.493 e. The van der Waals surface area contributed by atoms with Crippen LogP contribution in [0.15, 0.2) is 71.4 Å². The van der Waals surface area contributed by atoms with Crippen molar-refractivity contribution < 1.29 is 9.15 Å². The first-order valence-corrected chi connectivity index (χ1v) is 12.3. The fourth-order valence-corrected chi connectivity index (χ4v) is 4.65. The maximum Gasteiger partial charge on any atom is 0.138 e. The Balaban J connectivity index is 1.28. The van der Waals surface area contributed by atoms with Gasteiger partial charge in [-0.25, -0.2) is 0 Å². The highest BCUT2D eigenvalue weighted by atomic mass is 35.5. The van der Waals surface area contributed by atoms with Crippen LogP contribution in [0, 0.1) is 6.92 Å². The summed E-state index contributed by atoms with van der Waals surface area (Å²) in [5, 5.41) is 5.28. The Morgan fingerprint density at radius 1 is 1.03 bits per heavy atom. The van der Waals surface area contributed by atoms with Gasteiger partial charge in [-0.3, -0.25) is 4.98 Å². The molecule has 4 nitrogen and oxygen atoms in total. The smallest absolute Gasteiger partial charge is 0.138 e. The lowest BCUT2D eigenvalue weighted by Crippen LogP contribution is -2.17. The molecule has 1 N–H and O–H groups in total. The van der Waals surface area contributed by atoms with Crippen molar-refractivity contribution in [3.05, 3.63) is 94.5 Å². The van der Waals surface area contributed by atoms with Crippen LogP contribution in [-0.2, 0) is 18.1 Å². The van der Waals surface area contributed by atoms with E-state index in [-0.39, 0.29) is 0 Å². The van der Waals surface area contributed by atoms with Crippen LogP contribution in [0.5, 0.6) is 5.75 Å². The Labute approximate surface area is 198 Å². The molecule has 166 valence electrons. The van der Waals surface area contributed by atoms with Crippen LogP contribution in [0.2, 0.25) is 5.02 Å². The number of ether oxygens (including phenoxy) is 1. The molecule has 0 saturated heterocycles. The maximum atomic E-state index is 6.15. The molecule has 0 aliphatic rings. The van der Waals surface area contributed by atoms with Crippen molar-refractivity contribution in [3.8, 4) is 5.75 Å². The van der Waals surface area contributed by atoms with Crippen LogP contribution in [0.4, 0.5) is 0 Å². The van der Waals surface area contributed by atoms with Crippen molar-refractivity contribution in [1.29, 1.82) is 0 Å². The molecule has 0 aliphatic carbocycles. The van der Waals surface area contributed by atoms with Gasteiger partial charge in [-0.15, -0.1) is 11.8 Å². The molecular formula is C26H27ClN2O2S. The molecule has 0 aliphatic heterocycles. The molecule has 2 aromatic carbocycles. The first-order chi connectivity index (χ1) is 15.7. The number of nitrogens with one attached hydrogen (secondary N) is 1. The second-order valence-corrected chi connectivity index (χ2v) is 9.06. The van der Waals surface area contributed by atoms with Crippen LogP contribution in [0.1, 0.15) is 28.9 Å². The Bertz CT molecular complexity index is 1130. The summed E-state index contributed by atoms with van der Waals surface area (Å²) in [7, 11) is 0. The summed E-state index contributed by atoms with van der Waals surface area (Å²) in [6.07, 6.45) is 4.61. The summed E-state index contributed by atoms with van der Waals surface area (Å²) in [5.41, 5.74) is 4.49. The minimum absolute atomic E-state index is 0.657. The molecule has 0 radical (unpaired) electrons. The number of nitrogens with zero attached hydrogens (tertiary/aromatic N) is 1. The van der Waals surface area contributed by atoms with E-state index >= 15 is 0 Å². The van der Waals surface area contributed by atoms with Gasteiger partial charge < -0.3 is 14.5 Å². The summed E-state index contributed by atoms with van der Waals surface area (Å²) in [5.74, 6) is 3.64. The lowest BCUT2D eigenvalue weighted by molar-refractivity contribution is 0.311. The Hall–Kier alpha value is -2.47. The molecule has 4 rings (SSSR count). The van der Waals surface area contributed by atoms with E-state index in [1.54, 1.807) is 6.20 Å². The highest BCUT2D eigenvalue weighted by molar-refractivity contribution is 7.97. The molecule has 0 atom stereocenters. The third-order valence-corrected chi connectivity index (χ3v) is 6.49. The predicted octanol–water partition coefficient (Wildman–Crippen LogP) is 6.78. The maximum absolute atomic E-state index is 6.15. The van der Waals surface area contributed by atoms with Crippen molar-refractivity contribution in [2.24, 2.45) is 0 Å². The average molecular weight is 467 g/mol. The van der Waals surface area contributed by atoms with Gasteiger partial charge in [0.15, 0.2) is 0 Å². The van der Waals surface area contributed by atoms with Crippen molar-refractivity contribution in [3.63, 3.8) is 0 Å². The van der Waals surface area contributed by atoms with E-state index in [0.29, 0.717) is 6.61 Å². The van der Waals surface area contributed by atoms with E-state index in [1.165, 1.54) is 11.1 Å². The number of halogens is 1. The summed E-state index contributed by atoms with van der Waals surface area (Å²) < 4.78 is 12.3. The number of furan rings is 1. The fourth-order valence-electron chi connectivity index (χ4n) is 3.53. The van der Waals surface area contributed by atoms with Gasteiger partial charge >= 0.3 is 0 Å². The number of aromatic nitrogens is 1. The second-order valence-electron chi connectivity index (χ2n) is 7.64. The molecule has 2 heterocycles. The first kappa shape index (κ1) is 22.7. The molecule has 0 bridgehead atoms. The lowest BCUT2D eigenvalue weighted by Gasteiger charge is -2.08. The molecule has 0 fully saturated rings. The van der Waals surface area contributed by atoms with Gasteiger partial charge in [-0.1, -0.05) is 35.9 Å². The molecule has 0 spiro atoms. The van der Waals surface area contributed by atoms with Gasteiger partial charge in [0.1, 0.15) is 17.1 Å². The zero-order valence-electron chi connectivity index (χ0n) is 18.1.